The highest BCUT2D eigenvalue weighted by molar-refractivity contribution is 5.79. The van der Waals surface area contributed by atoms with Crippen LogP contribution in [0.4, 0.5) is 8.78 Å². The maximum absolute atomic E-state index is 12.9. The minimum atomic E-state index is -2.62. The standard InChI is InChI=1S/C21H31F2N5O/c1-14(2)10-16(4)29-18-11-15(3)6-7-17(18)12-26-21(24-5)27-13-19-25-8-9-28(19)20(22)23/h6-9,11,14,16,20H,10,12-13H2,1-5H3,(H2,24,26,27). The quantitative estimate of drug-likeness (QED) is 0.481. The Morgan fingerprint density at radius 2 is 1.93 bits per heavy atom. The Hall–Kier alpha value is -2.64. The van der Waals surface area contributed by atoms with Crippen LogP contribution in [-0.2, 0) is 13.1 Å². The fourth-order valence-corrected chi connectivity index (χ4v) is 3.07. The van der Waals surface area contributed by atoms with Gasteiger partial charge < -0.3 is 15.4 Å². The van der Waals surface area contributed by atoms with Gasteiger partial charge in [-0.25, -0.2) is 4.98 Å². The lowest BCUT2D eigenvalue weighted by atomic mass is 10.1. The summed E-state index contributed by atoms with van der Waals surface area (Å²) < 4.78 is 32.9. The van der Waals surface area contributed by atoms with Gasteiger partial charge in [0.2, 0.25) is 0 Å². The highest BCUT2D eigenvalue weighted by Crippen LogP contribution is 2.23. The lowest BCUT2D eigenvalue weighted by molar-refractivity contribution is 0.0668. The van der Waals surface area contributed by atoms with Crippen molar-refractivity contribution >= 4 is 5.96 Å². The number of hydrogen-bond donors (Lipinski definition) is 2. The minimum Gasteiger partial charge on any atom is -0.490 e. The molecule has 0 spiro atoms. The predicted molar refractivity (Wildman–Crippen MR) is 111 cm³/mol. The Morgan fingerprint density at radius 3 is 2.59 bits per heavy atom. The van der Waals surface area contributed by atoms with Gasteiger partial charge in [0.15, 0.2) is 5.96 Å². The van der Waals surface area contributed by atoms with Crippen LogP contribution in [0.1, 0.15) is 50.7 Å². The van der Waals surface area contributed by atoms with E-state index in [0.29, 0.717) is 18.4 Å². The molecule has 1 aromatic heterocycles. The van der Waals surface area contributed by atoms with Gasteiger partial charge in [0.05, 0.1) is 12.6 Å². The SMILES string of the molecule is CN=C(NCc1ccc(C)cc1OC(C)CC(C)C)NCc1nccn1C(F)F. The highest BCUT2D eigenvalue weighted by atomic mass is 19.3. The van der Waals surface area contributed by atoms with E-state index >= 15 is 0 Å². The summed E-state index contributed by atoms with van der Waals surface area (Å²) in [4.78, 5) is 8.11. The molecule has 0 bridgehead atoms. The van der Waals surface area contributed by atoms with E-state index in [4.69, 9.17) is 4.74 Å². The van der Waals surface area contributed by atoms with Crippen molar-refractivity contribution in [1.82, 2.24) is 20.2 Å². The first-order valence-corrected chi connectivity index (χ1v) is 9.80. The van der Waals surface area contributed by atoms with Crippen molar-refractivity contribution in [2.24, 2.45) is 10.9 Å². The third kappa shape index (κ3) is 7.03. The van der Waals surface area contributed by atoms with Gasteiger partial charge in [0.1, 0.15) is 11.6 Å². The minimum absolute atomic E-state index is 0.112. The van der Waals surface area contributed by atoms with Gasteiger partial charge >= 0.3 is 6.55 Å². The van der Waals surface area contributed by atoms with Crippen molar-refractivity contribution in [2.45, 2.75) is 59.9 Å². The first-order valence-electron chi connectivity index (χ1n) is 9.80. The summed E-state index contributed by atoms with van der Waals surface area (Å²) in [6.07, 6.45) is 3.70. The molecular formula is C21H31F2N5O. The average Bonchev–Trinajstić information content (AvgIpc) is 3.11. The van der Waals surface area contributed by atoms with Gasteiger partial charge in [-0.1, -0.05) is 26.0 Å². The molecule has 1 aromatic carbocycles. The zero-order chi connectivity index (χ0) is 21.4. The summed E-state index contributed by atoms with van der Waals surface area (Å²) in [5, 5.41) is 6.22. The maximum Gasteiger partial charge on any atom is 0.319 e. The lowest BCUT2D eigenvalue weighted by Gasteiger charge is -2.20. The number of ether oxygens (including phenoxy) is 1. The number of aliphatic imine (C=N–C) groups is 1. The van der Waals surface area contributed by atoms with E-state index in [2.05, 4.69) is 41.4 Å². The Bertz CT molecular complexity index is 804. The molecule has 0 amide bonds. The summed E-state index contributed by atoms with van der Waals surface area (Å²) in [6, 6.07) is 6.09. The molecule has 29 heavy (non-hydrogen) atoms. The zero-order valence-electron chi connectivity index (χ0n) is 17.7. The molecular weight excluding hydrogens is 376 g/mol. The Balaban J connectivity index is 1.99. The first-order chi connectivity index (χ1) is 13.8. The monoisotopic (exact) mass is 407 g/mol. The summed E-state index contributed by atoms with van der Waals surface area (Å²) in [7, 11) is 1.63. The number of hydrogen-bond acceptors (Lipinski definition) is 3. The number of alkyl halides is 2. The van der Waals surface area contributed by atoms with Crippen molar-refractivity contribution in [1.29, 1.82) is 0 Å². The van der Waals surface area contributed by atoms with E-state index in [1.807, 2.05) is 25.1 Å². The normalized spacial score (nSPS) is 13.1. The molecule has 0 radical (unpaired) electrons. The predicted octanol–water partition coefficient (Wildman–Crippen LogP) is 4.27. The number of benzene rings is 1. The van der Waals surface area contributed by atoms with E-state index < -0.39 is 6.55 Å². The van der Waals surface area contributed by atoms with Crippen LogP contribution in [-0.4, -0.2) is 28.7 Å². The van der Waals surface area contributed by atoms with E-state index in [9.17, 15) is 8.78 Å². The van der Waals surface area contributed by atoms with E-state index in [1.54, 1.807) is 7.05 Å². The van der Waals surface area contributed by atoms with Crippen molar-refractivity contribution < 1.29 is 13.5 Å². The van der Waals surface area contributed by atoms with Crippen LogP contribution in [0.2, 0.25) is 0 Å². The second kappa shape index (κ2) is 10.8. The van der Waals surface area contributed by atoms with Crippen LogP contribution in [0.3, 0.4) is 0 Å². The van der Waals surface area contributed by atoms with Crippen LogP contribution >= 0.6 is 0 Å². The molecule has 8 heteroatoms. The zero-order valence-corrected chi connectivity index (χ0v) is 17.7. The van der Waals surface area contributed by atoms with E-state index in [0.717, 1.165) is 27.9 Å². The van der Waals surface area contributed by atoms with Gasteiger partial charge in [-0.2, -0.15) is 8.78 Å². The molecule has 0 aliphatic carbocycles. The molecule has 1 unspecified atom stereocenters. The molecule has 0 saturated carbocycles. The number of guanidine groups is 1. The molecule has 2 aromatic rings. The first kappa shape index (κ1) is 22.6. The second-order valence-electron chi connectivity index (χ2n) is 7.48. The Morgan fingerprint density at radius 1 is 1.21 bits per heavy atom. The van der Waals surface area contributed by atoms with E-state index in [-0.39, 0.29) is 18.5 Å². The third-order valence-corrected chi connectivity index (χ3v) is 4.40. The molecule has 160 valence electrons. The summed E-state index contributed by atoms with van der Waals surface area (Å²) >= 11 is 0. The number of rotatable bonds is 9. The van der Waals surface area contributed by atoms with Crippen molar-refractivity contribution in [3.05, 3.63) is 47.5 Å². The molecule has 0 aliphatic rings. The number of halogens is 2. The smallest absolute Gasteiger partial charge is 0.319 e. The molecule has 0 fully saturated rings. The van der Waals surface area contributed by atoms with Gasteiger partial charge in [-0.15, -0.1) is 0 Å². The Labute approximate surface area is 171 Å². The molecule has 6 nitrogen and oxygen atoms in total. The number of imidazole rings is 1. The largest absolute Gasteiger partial charge is 0.490 e. The fraction of sp³-hybridized carbons (Fsp3) is 0.524. The summed E-state index contributed by atoms with van der Waals surface area (Å²) in [5.74, 6) is 2.13. The van der Waals surface area contributed by atoms with Crippen LogP contribution in [0.25, 0.3) is 0 Å². The Kier molecular flexibility index (Phi) is 8.42. The second-order valence-corrected chi connectivity index (χ2v) is 7.48. The molecule has 1 heterocycles. The van der Waals surface area contributed by atoms with Crippen molar-refractivity contribution in [3.63, 3.8) is 0 Å². The number of aromatic nitrogens is 2. The molecule has 1 atom stereocenters. The van der Waals surface area contributed by atoms with Crippen molar-refractivity contribution in [3.8, 4) is 5.75 Å². The average molecular weight is 408 g/mol. The van der Waals surface area contributed by atoms with Gasteiger partial charge in [0.25, 0.3) is 0 Å². The van der Waals surface area contributed by atoms with Crippen molar-refractivity contribution in [2.75, 3.05) is 7.05 Å². The number of nitrogens with zero attached hydrogens (tertiary/aromatic N) is 3. The summed E-state index contributed by atoms with van der Waals surface area (Å²) in [5.41, 5.74) is 2.13. The van der Waals surface area contributed by atoms with Crippen LogP contribution in [0.5, 0.6) is 5.75 Å². The molecule has 2 N–H and O–H groups in total. The highest BCUT2D eigenvalue weighted by Gasteiger charge is 2.13. The number of aryl methyl sites for hydroxylation is 1. The van der Waals surface area contributed by atoms with E-state index in [1.165, 1.54) is 12.4 Å². The lowest BCUT2D eigenvalue weighted by Crippen LogP contribution is -2.37. The fourth-order valence-electron chi connectivity index (χ4n) is 3.07. The number of nitrogens with one attached hydrogen (secondary N) is 2. The maximum atomic E-state index is 12.9. The van der Waals surface area contributed by atoms with Crippen LogP contribution in [0, 0.1) is 12.8 Å². The van der Waals surface area contributed by atoms with Crippen LogP contribution in [0.15, 0.2) is 35.6 Å². The van der Waals surface area contributed by atoms with Crippen LogP contribution < -0.4 is 15.4 Å². The summed E-state index contributed by atoms with van der Waals surface area (Å²) in [6.45, 7) is 6.46. The van der Waals surface area contributed by atoms with Gasteiger partial charge in [0, 0.05) is 31.5 Å². The van der Waals surface area contributed by atoms with Gasteiger partial charge in [-0.05, 0) is 37.8 Å². The molecule has 0 aliphatic heterocycles. The molecule has 0 saturated heterocycles. The third-order valence-electron chi connectivity index (χ3n) is 4.40. The van der Waals surface area contributed by atoms with Gasteiger partial charge in [-0.3, -0.25) is 9.56 Å². The topological polar surface area (TPSA) is 63.5 Å². The molecule has 2 rings (SSSR count).